The summed E-state index contributed by atoms with van der Waals surface area (Å²) in [5.74, 6) is -1.80. The third-order valence-electron chi connectivity index (χ3n) is 5.12. The SMILES string of the molecule is COC(=S)NCc1cn(-c2cc(F)c(N3CCN(Cc4ccccn4)C(=O)C3)c(F)c2)nn1. The molecule has 0 unspecified atom stereocenters. The van der Waals surface area contributed by atoms with Crippen LogP contribution in [-0.4, -0.2) is 62.7 Å². The lowest BCUT2D eigenvalue weighted by Gasteiger charge is -2.35. The lowest BCUT2D eigenvalue weighted by molar-refractivity contribution is -0.131. The Labute approximate surface area is 194 Å². The number of methoxy groups -OCH3 is 1. The molecule has 1 aromatic carbocycles. The molecule has 2 aromatic heterocycles. The number of rotatable bonds is 6. The van der Waals surface area contributed by atoms with Gasteiger partial charge >= 0.3 is 0 Å². The Morgan fingerprint density at radius 3 is 2.67 bits per heavy atom. The molecule has 1 N–H and O–H groups in total. The molecule has 172 valence electrons. The first-order valence-electron chi connectivity index (χ1n) is 10.1. The Bertz CT molecular complexity index is 1140. The number of amides is 1. The van der Waals surface area contributed by atoms with Crippen molar-refractivity contribution < 1.29 is 18.3 Å². The van der Waals surface area contributed by atoms with Crippen molar-refractivity contribution >= 4 is 29.0 Å². The van der Waals surface area contributed by atoms with Crippen LogP contribution in [0.4, 0.5) is 14.5 Å². The molecule has 0 radical (unpaired) electrons. The van der Waals surface area contributed by atoms with Crippen molar-refractivity contribution in [3.05, 3.63) is 65.7 Å². The minimum Gasteiger partial charge on any atom is -0.474 e. The van der Waals surface area contributed by atoms with E-state index >= 15 is 0 Å². The van der Waals surface area contributed by atoms with E-state index in [4.69, 9.17) is 17.0 Å². The van der Waals surface area contributed by atoms with E-state index in [2.05, 4.69) is 20.6 Å². The molecule has 3 heterocycles. The number of aromatic nitrogens is 4. The molecule has 1 saturated heterocycles. The predicted molar refractivity (Wildman–Crippen MR) is 120 cm³/mol. The van der Waals surface area contributed by atoms with E-state index < -0.39 is 11.6 Å². The van der Waals surface area contributed by atoms with Crippen LogP contribution in [0.3, 0.4) is 0 Å². The topological polar surface area (TPSA) is 88.4 Å². The molecular weight excluding hydrogens is 452 g/mol. The number of carbonyl (C=O) groups excluding carboxylic acids is 1. The highest BCUT2D eigenvalue weighted by Crippen LogP contribution is 2.28. The van der Waals surface area contributed by atoms with E-state index in [0.29, 0.717) is 25.3 Å². The molecule has 0 saturated carbocycles. The Morgan fingerprint density at radius 1 is 1.21 bits per heavy atom. The highest BCUT2D eigenvalue weighted by molar-refractivity contribution is 7.80. The Hall–Kier alpha value is -3.67. The number of halogens is 2. The summed E-state index contributed by atoms with van der Waals surface area (Å²) in [4.78, 5) is 19.9. The van der Waals surface area contributed by atoms with E-state index in [0.717, 1.165) is 17.8 Å². The van der Waals surface area contributed by atoms with Gasteiger partial charge in [-0.2, -0.15) is 0 Å². The van der Waals surface area contributed by atoms with Crippen molar-refractivity contribution in [2.24, 2.45) is 0 Å². The molecule has 3 aromatic rings. The normalized spacial score (nSPS) is 13.8. The monoisotopic (exact) mass is 473 g/mol. The summed E-state index contributed by atoms with van der Waals surface area (Å²) in [7, 11) is 1.44. The molecule has 9 nitrogen and oxygen atoms in total. The number of anilines is 1. The van der Waals surface area contributed by atoms with Crippen molar-refractivity contribution in [2.45, 2.75) is 13.1 Å². The first-order chi connectivity index (χ1) is 15.9. The molecule has 0 spiro atoms. The zero-order chi connectivity index (χ0) is 23.4. The third kappa shape index (κ3) is 5.22. The second-order valence-electron chi connectivity index (χ2n) is 7.32. The van der Waals surface area contributed by atoms with E-state index in [1.54, 1.807) is 17.2 Å². The average Bonchev–Trinajstić information content (AvgIpc) is 3.28. The Kier molecular flexibility index (Phi) is 6.73. The van der Waals surface area contributed by atoms with Crippen LogP contribution in [0.5, 0.6) is 0 Å². The van der Waals surface area contributed by atoms with Crippen LogP contribution in [0.15, 0.2) is 42.7 Å². The fourth-order valence-corrected chi connectivity index (χ4v) is 3.55. The maximum Gasteiger partial charge on any atom is 0.256 e. The van der Waals surface area contributed by atoms with Gasteiger partial charge in [0, 0.05) is 31.4 Å². The standard InChI is InChI=1S/C21H21F2N7O2S/c1-32-21(33)25-10-15-12-30(27-26-15)16-8-17(22)20(18(23)9-16)29-7-6-28(19(31)13-29)11-14-4-2-3-5-24-14/h2-5,8-9,12H,6-7,10-11,13H2,1H3,(H,25,33). The van der Waals surface area contributed by atoms with Gasteiger partial charge in [0.25, 0.3) is 5.17 Å². The Balaban J connectivity index is 1.45. The lowest BCUT2D eigenvalue weighted by Crippen LogP contribution is -2.50. The quantitative estimate of drug-likeness (QED) is 0.543. The number of hydrogen-bond acceptors (Lipinski definition) is 7. The lowest BCUT2D eigenvalue weighted by atomic mass is 10.2. The molecule has 0 aliphatic carbocycles. The average molecular weight is 474 g/mol. The van der Waals surface area contributed by atoms with Crippen LogP contribution in [0.1, 0.15) is 11.4 Å². The summed E-state index contributed by atoms with van der Waals surface area (Å²) in [5, 5.41) is 10.9. The van der Waals surface area contributed by atoms with Crippen LogP contribution >= 0.6 is 12.2 Å². The molecule has 1 aliphatic heterocycles. The number of nitrogens with one attached hydrogen (secondary N) is 1. The molecule has 33 heavy (non-hydrogen) atoms. The number of piperazine rings is 1. The number of carbonyl (C=O) groups is 1. The number of nitrogens with zero attached hydrogens (tertiary/aromatic N) is 6. The van der Waals surface area contributed by atoms with E-state index in [1.165, 1.54) is 22.9 Å². The van der Waals surface area contributed by atoms with Gasteiger partial charge < -0.3 is 19.9 Å². The minimum atomic E-state index is -0.785. The van der Waals surface area contributed by atoms with Crippen molar-refractivity contribution in [2.75, 3.05) is 31.6 Å². The van der Waals surface area contributed by atoms with Gasteiger partial charge in [-0.05, 0) is 24.4 Å². The van der Waals surface area contributed by atoms with E-state index in [1.807, 2.05) is 12.1 Å². The fourth-order valence-electron chi connectivity index (χ4n) is 3.48. The van der Waals surface area contributed by atoms with Crippen molar-refractivity contribution in [3.8, 4) is 5.69 Å². The van der Waals surface area contributed by atoms with Gasteiger partial charge in [0.05, 0.1) is 44.3 Å². The summed E-state index contributed by atoms with van der Waals surface area (Å²) in [6.07, 6.45) is 3.19. The molecule has 0 bridgehead atoms. The molecule has 1 fully saturated rings. The van der Waals surface area contributed by atoms with Gasteiger partial charge in [-0.25, -0.2) is 13.5 Å². The van der Waals surface area contributed by atoms with E-state index in [9.17, 15) is 13.6 Å². The molecule has 12 heteroatoms. The summed E-state index contributed by atoms with van der Waals surface area (Å²) in [5.41, 5.74) is 1.19. The largest absolute Gasteiger partial charge is 0.474 e. The first-order valence-corrected chi connectivity index (χ1v) is 10.5. The summed E-state index contributed by atoms with van der Waals surface area (Å²) in [6, 6.07) is 7.80. The van der Waals surface area contributed by atoms with E-state index in [-0.39, 0.29) is 35.5 Å². The maximum atomic E-state index is 14.9. The van der Waals surface area contributed by atoms with Crippen LogP contribution in [-0.2, 0) is 22.6 Å². The number of hydrogen-bond donors (Lipinski definition) is 1. The molecule has 0 atom stereocenters. The highest BCUT2D eigenvalue weighted by Gasteiger charge is 2.28. The van der Waals surface area contributed by atoms with Gasteiger partial charge in [-0.15, -0.1) is 5.10 Å². The van der Waals surface area contributed by atoms with Crippen LogP contribution in [0.2, 0.25) is 0 Å². The van der Waals surface area contributed by atoms with Crippen molar-refractivity contribution in [1.82, 2.24) is 30.2 Å². The van der Waals surface area contributed by atoms with Gasteiger partial charge in [-0.3, -0.25) is 9.78 Å². The number of thiocarbonyl (C=S) groups is 1. The second kappa shape index (κ2) is 9.86. The number of ether oxygens (including phenoxy) is 1. The Morgan fingerprint density at radius 2 is 2.00 bits per heavy atom. The van der Waals surface area contributed by atoms with Crippen LogP contribution < -0.4 is 10.2 Å². The van der Waals surface area contributed by atoms with Crippen LogP contribution in [0, 0.1) is 11.6 Å². The molecule has 1 aliphatic rings. The summed E-state index contributed by atoms with van der Waals surface area (Å²) in [6.45, 7) is 1.11. The zero-order valence-electron chi connectivity index (χ0n) is 17.7. The smallest absolute Gasteiger partial charge is 0.256 e. The third-order valence-corrected chi connectivity index (χ3v) is 5.43. The number of pyridine rings is 1. The summed E-state index contributed by atoms with van der Waals surface area (Å²) < 4.78 is 36.0. The predicted octanol–water partition coefficient (Wildman–Crippen LogP) is 1.81. The van der Waals surface area contributed by atoms with Gasteiger partial charge in [0.1, 0.15) is 11.4 Å². The fraction of sp³-hybridized carbons (Fsp3) is 0.286. The first kappa shape index (κ1) is 22.5. The van der Waals surface area contributed by atoms with Gasteiger partial charge in [0.2, 0.25) is 5.91 Å². The van der Waals surface area contributed by atoms with Crippen molar-refractivity contribution in [1.29, 1.82) is 0 Å². The molecular formula is C21H21F2N7O2S. The highest BCUT2D eigenvalue weighted by atomic mass is 32.1. The van der Waals surface area contributed by atoms with Gasteiger partial charge in [0.15, 0.2) is 11.6 Å². The molecule has 4 rings (SSSR count). The second-order valence-corrected chi connectivity index (χ2v) is 7.69. The van der Waals surface area contributed by atoms with Gasteiger partial charge in [-0.1, -0.05) is 11.3 Å². The number of benzene rings is 1. The van der Waals surface area contributed by atoms with Crippen LogP contribution in [0.25, 0.3) is 5.69 Å². The zero-order valence-corrected chi connectivity index (χ0v) is 18.6. The minimum absolute atomic E-state index is 0.126. The van der Waals surface area contributed by atoms with Crippen molar-refractivity contribution in [3.63, 3.8) is 0 Å². The maximum absolute atomic E-state index is 14.9. The summed E-state index contributed by atoms with van der Waals surface area (Å²) >= 11 is 4.89. The molecule has 1 amide bonds.